The Bertz CT molecular complexity index is 1310. The molecule has 4 aromatic rings. The summed E-state index contributed by atoms with van der Waals surface area (Å²) in [6.45, 7) is 0.845. The highest BCUT2D eigenvalue weighted by atomic mass is 35.5. The molecule has 11 heteroatoms. The normalized spacial score (nSPS) is 16.8. The molecule has 9 nitrogen and oxygen atoms in total. The van der Waals surface area contributed by atoms with Gasteiger partial charge in [-0.1, -0.05) is 11.6 Å². The molecule has 0 spiro atoms. The van der Waals surface area contributed by atoms with Gasteiger partial charge in [-0.25, -0.2) is 22.9 Å². The molecule has 0 amide bonds. The van der Waals surface area contributed by atoms with E-state index in [4.69, 9.17) is 16.6 Å². The second kappa shape index (κ2) is 6.75. The minimum atomic E-state index is -3.53. The minimum absolute atomic E-state index is 0.0956. The molecule has 0 bridgehead atoms. The van der Waals surface area contributed by atoms with Crippen molar-refractivity contribution in [1.82, 2.24) is 33.7 Å². The third-order valence-corrected chi connectivity index (χ3v) is 7.52. The first kappa shape index (κ1) is 18.5. The Labute approximate surface area is 172 Å². The summed E-state index contributed by atoms with van der Waals surface area (Å²) >= 11 is 5.87. The predicted octanol–water partition coefficient (Wildman–Crippen LogP) is 2.23. The van der Waals surface area contributed by atoms with Crippen LogP contribution >= 0.6 is 11.6 Å². The molecule has 1 aliphatic rings. The second-order valence-corrected chi connectivity index (χ2v) is 9.49. The lowest BCUT2D eigenvalue weighted by molar-refractivity contribution is 0.313. The van der Waals surface area contributed by atoms with E-state index in [0.717, 1.165) is 11.0 Å². The van der Waals surface area contributed by atoms with Crippen molar-refractivity contribution in [2.45, 2.75) is 23.7 Å². The minimum Gasteiger partial charge on any atom is -0.250 e. The van der Waals surface area contributed by atoms with Crippen LogP contribution in [-0.2, 0) is 17.1 Å². The highest BCUT2D eigenvalue weighted by Gasteiger charge is 2.31. The predicted molar refractivity (Wildman–Crippen MR) is 107 cm³/mol. The average molecular weight is 432 g/mol. The van der Waals surface area contributed by atoms with E-state index in [1.54, 1.807) is 46.0 Å². The number of hydrogen-bond acceptors (Lipinski definition) is 6. The molecule has 0 aliphatic carbocycles. The highest BCUT2D eigenvalue weighted by molar-refractivity contribution is 7.89. The van der Waals surface area contributed by atoms with Crippen molar-refractivity contribution in [2.24, 2.45) is 7.05 Å². The van der Waals surface area contributed by atoms with Gasteiger partial charge in [0.05, 0.1) is 16.5 Å². The van der Waals surface area contributed by atoms with Crippen LogP contribution in [0.4, 0.5) is 0 Å². The fraction of sp³-hybridized carbons (Fsp3) is 0.333. The maximum Gasteiger partial charge on any atom is 0.243 e. The Hall–Kier alpha value is -2.56. The third-order valence-electron chi connectivity index (χ3n) is 5.36. The standard InChI is InChI=1S/C18H18ClN7O2S/c1-24-17-15(10-21-24)18-22-16(23-26(18)11-20-17)12-6-8-25(9-7-12)29(27,28)14-4-2-13(19)3-5-14/h2-5,10-12H,6-9H2,1H3. The zero-order valence-electron chi connectivity index (χ0n) is 15.6. The summed E-state index contributed by atoms with van der Waals surface area (Å²) in [6.07, 6.45) is 4.69. The average Bonchev–Trinajstić information content (AvgIpc) is 3.32. The van der Waals surface area contributed by atoms with E-state index in [-0.39, 0.29) is 10.8 Å². The third kappa shape index (κ3) is 3.07. The van der Waals surface area contributed by atoms with Crippen LogP contribution in [0.2, 0.25) is 5.02 Å². The molecule has 0 N–H and O–H groups in total. The van der Waals surface area contributed by atoms with Crippen molar-refractivity contribution in [3.05, 3.63) is 47.6 Å². The molecule has 0 unspecified atom stereocenters. The van der Waals surface area contributed by atoms with Crippen LogP contribution < -0.4 is 0 Å². The molecule has 1 saturated heterocycles. The lowest BCUT2D eigenvalue weighted by Gasteiger charge is -2.29. The maximum atomic E-state index is 12.9. The number of piperidine rings is 1. The summed E-state index contributed by atoms with van der Waals surface area (Å²) < 4.78 is 30.6. The van der Waals surface area contributed by atoms with Gasteiger partial charge in [-0.3, -0.25) is 4.68 Å². The van der Waals surface area contributed by atoms with E-state index >= 15 is 0 Å². The van der Waals surface area contributed by atoms with Gasteiger partial charge in [0, 0.05) is 31.1 Å². The smallest absolute Gasteiger partial charge is 0.243 e. The van der Waals surface area contributed by atoms with E-state index in [9.17, 15) is 8.42 Å². The summed E-state index contributed by atoms with van der Waals surface area (Å²) in [4.78, 5) is 9.34. The van der Waals surface area contributed by atoms with E-state index in [1.165, 1.54) is 4.31 Å². The first-order chi connectivity index (χ1) is 13.9. The number of benzene rings is 1. The van der Waals surface area contributed by atoms with Crippen LogP contribution in [-0.4, -0.2) is 55.2 Å². The Balaban J connectivity index is 1.38. The number of aromatic nitrogens is 6. The molecule has 1 aromatic carbocycles. The van der Waals surface area contributed by atoms with Gasteiger partial charge in [0.25, 0.3) is 0 Å². The van der Waals surface area contributed by atoms with Crippen LogP contribution in [0.25, 0.3) is 16.7 Å². The van der Waals surface area contributed by atoms with Crippen LogP contribution in [0.3, 0.4) is 0 Å². The summed E-state index contributed by atoms with van der Waals surface area (Å²) in [7, 11) is -1.69. The SMILES string of the molecule is Cn1ncc2c1ncn1nc(C3CCN(S(=O)(=O)c4ccc(Cl)cc4)CC3)nc21. The number of aryl methyl sites for hydroxylation is 1. The van der Waals surface area contributed by atoms with Crippen molar-refractivity contribution < 1.29 is 8.42 Å². The Kier molecular flexibility index (Phi) is 4.30. The molecule has 4 heterocycles. The Morgan fingerprint density at radius 3 is 2.55 bits per heavy atom. The summed E-state index contributed by atoms with van der Waals surface area (Å²) in [5, 5.41) is 10.2. The van der Waals surface area contributed by atoms with Gasteiger partial charge >= 0.3 is 0 Å². The molecule has 3 aromatic heterocycles. The van der Waals surface area contributed by atoms with Crippen molar-refractivity contribution in [1.29, 1.82) is 0 Å². The first-order valence-electron chi connectivity index (χ1n) is 9.22. The fourth-order valence-electron chi connectivity index (χ4n) is 3.74. The summed E-state index contributed by atoms with van der Waals surface area (Å²) in [5.74, 6) is 0.810. The van der Waals surface area contributed by atoms with Gasteiger partial charge in [-0.15, -0.1) is 5.10 Å². The number of sulfonamides is 1. The molecule has 0 atom stereocenters. The molecular weight excluding hydrogens is 414 g/mol. The monoisotopic (exact) mass is 431 g/mol. The zero-order valence-corrected chi connectivity index (χ0v) is 17.2. The van der Waals surface area contributed by atoms with E-state index < -0.39 is 10.0 Å². The van der Waals surface area contributed by atoms with Gasteiger partial charge in [-0.05, 0) is 37.1 Å². The van der Waals surface area contributed by atoms with Gasteiger partial charge in [0.1, 0.15) is 6.33 Å². The quantitative estimate of drug-likeness (QED) is 0.493. The molecular formula is C18H18ClN7O2S. The largest absolute Gasteiger partial charge is 0.250 e. The van der Waals surface area contributed by atoms with E-state index in [1.807, 2.05) is 7.05 Å². The molecule has 29 heavy (non-hydrogen) atoms. The van der Waals surface area contributed by atoms with Crippen LogP contribution in [0.5, 0.6) is 0 Å². The van der Waals surface area contributed by atoms with E-state index in [2.05, 4.69) is 15.2 Å². The van der Waals surface area contributed by atoms with Crippen LogP contribution in [0, 0.1) is 0 Å². The molecule has 0 radical (unpaired) electrons. The number of hydrogen-bond donors (Lipinski definition) is 0. The van der Waals surface area contributed by atoms with Crippen molar-refractivity contribution in [2.75, 3.05) is 13.1 Å². The van der Waals surface area contributed by atoms with Gasteiger partial charge in [0.15, 0.2) is 17.1 Å². The number of halogens is 1. The lowest BCUT2D eigenvalue weighted by Crippen LogP contribution is -2.38. The van der Waals surface area contributed by atoms with Gasteiger partial charge in [0.2, 0.25) is 10.0 Å². The van der Waals surface area contributed by atoms with Crippen molar-refractivity contribution in [3.8, 4) is 0 Å². The molecule has 150 valence electrons. The number of rotatable bonds is 3. The second-order valence-electron chi connectivity index (χ2n) is 7.12. The Morgan fingerprint density at radius 2 is 1.83 bits per heavy atom. The van der Waals surface area contributed by atoms with Crippen LogP contribution in [0.1, 0.15) is 24.6 Å². The maximum absolute atomic E-state index is 12.9. The highest BCUT2D eigenvalue weighted by Crippen LogP contribution is 2.30. The van der Waals surface area contributed by atoms with Crippen molar-refractivity contribution in [3.63, 3.8) is 0 Å². The molecule has 0 saturated carbocycles. The zero-order chi connectivity index (χ0) is 20.2. The first-order valence-corrected chi connectivity index (χ1v) is 11.0. The summed E-state index contributed by atoms with van der Waals surface area (Å²) in [5.41, 5.74) is 1.47. The topological polar surface area (TPSA) is 98.3 Å². The lowest BCUT2D eigenvalue weighted by atomic mass is 9.98. The molecule has 5 rings (SSSR count). The number of nitrogens with zero attached hydrogens (tertiary/aromatic N) is 7. The van der Waals surface area contributed by atoms with E-state index in [0.29, 0.717) is 42.4 Å². The van der Waals surface area contributed by atoms with Gasteiger partial charge < -0.3 is 0 Å². The molecule has 1 aliphatic heterocycles. The fourth-order valence-corrected chi connectivity index (χ4v) is 5.33. The van der Waals surface area contributed by atoms with Gasteiger partial charge in [-0.2, -0.15) is 9.40 Å². The molecule has 1 fully saturated rings. The number of fused-ring (bicyclic) bond motifs is 3. The van der Waals surface area contributed by atoms with Crippen LogP contribution in [0.15, 0.2) is 41.7 Å². The van der Waals surface area contributed by atoms with Crippen molar-refractivity contribution >= 4 is 38.3 Å². The Morgan fingerprint density at radius 1 is 1.10 bits per heavy atom. The summed E-state index contributed by atoms with van der Waals surface area (Å²) in [6, 6.07) is 6.27.